The van der Waals surface area contributed by atoms with Crippen LogP contribution in [0.5, 0.6) is 0 Å². The van der Waals surface area contributed by atoms with E-state index >= 15 is 0 Å². The molecule has 5 nitrogen and oxygen atoms in total. The predicted molar refractivity (Wildman–Crippen MR) is 145 cm³/mol. The first-order valence-corrected chi connectivity index (χ1v) is 13.3. The Bertz CT molecular complexity index is 1190. The first kappa shape index (κ1) is 24.8. The van der Waals surface area contributed by atoms with Crippen LogP contribution in [0.1, 0.15) is 37.8 Å². The number of fused-ring (bicyclic) bond motifs is 5. The van der Waals surface area contributed by atoms with E-state index < -0.39 is 0 Å². The number of hydrogen-bond acceptors (Lipinski definition) is 5. The van der Waals surface area contributed by atoms with Crippen molar-refractivity contribution >= 4 is 5.95 Å². The van der Waals surface area contributed by atoms with Crippen LogP contribution in [0.2, 0.25) is 0 Å². The summed E-state index contributed by atoms with van der Waals surface area (Å²) in [5.74, 6) is 0.799. The molecule has 6 rings (SSSR count). The van der Waals surface area contributed by atoms with Gasteiger partial charge in [-0.3, -0.25) is 9.80 Å². The number of halogens is 1. The molecule has 1 saturated heterocycles. The monoisotopic (exact) mass is 487 g/mol. The van der Waals surface area contributed by atoms with Gasteiger partial charge in [-0.15, -0.1) is 0 Å². The van der Waals surface area contributed by atoms with Gasteiger partial charge in [0.2, 0.25) is 5.95 Å². The molecular weight excluding hydrogens is 449 g/mol. The summed E-state index contributed by atoms with van der Waals surface area (Å²) >= 11 is 0. The standard InChI is InChI=1S/C30H38FN5/c1-5-26-19-35-12-13-36(26)18-23-7-6-20(2)28(14-23)29-9-11-33-30(34-29)32-10-8-24-15-25(31)16-27(22(24)4)21(3)17-35/h6-7,9,11,14-16,22,24,26H,3,5,8,10,12-13,17-19H2,1-2,4H3,(H,32,33,34). The van der Waals surface area contributed by atoms with Crippen LogP contribution in [-0.4, -0.2) is 58.5 Å². The molecule has 6 heteroatoms. The van der Waals surface area contributed by atoms with Gasteiger partial charge in [0, 0.05) is 57.1 Å². The van der Waals surface area contributed by atoms with Gasteiger partial charge in [0.1, 0.15) is 5.83 Å². The van der Waals surface area contributed by atoms with E-state index in [1.54, 1.807) is 12.2 Å². The summed E-state index contributed by atoms with van der Waals surface area (Å²) in [6, 6.07) is 9.21. The highest BCUT2D eigenvalue weighted by Crippen LogP contribution is 2.36. The molecule has 4 heterocycles. The fourth-order valence-electron chi connectivity index (χ4n) is 5.94. The molecule has 1 aromatic carbocycles. The molecule has 8 bridgehead atoms. The highest BCUT2D eigenvalue weighted by molar-refractivity contribution is 5.65. The summed E-state index contributed by atoms with van der Waals surface area (Å²) in [5.41, 5.74) is 6.70. The summed E-state index contributed by atoms with van der Waals surface area (Å²) in [7, 11) is 0. The third-order valence-corrected chi connectivity index (χ3v) is 8.16. The number of allylic oxidation sites excluding steroid dienone is 3. The van der Waals surface area contributed by atoms with Gasteiger partial charge < -0.3 is 5.32 Å². The van der Waals surface area contributed by atoms with E-state index in [4.69, 9.17) is 4.98 Å². The molecular formula is C30H38FN5. The van der Waals surface area contributed by atoms with Crippen molar-refractivity contribution in [1.29, 1.82) is 0 Å². The molecule has 1 fully saturated rings. The Labute approximate surface area is 214 Å². The van der Waals surface area contributed by atoms with Gasteiger partial charge in [-0.1, -0.05) is 32.6 Å². The Hall–Kier alpha value is -2.83. The smallest absolute Gasteiger partial charge is 0.223 e. The molecule has 1 aliphatic carbocycles. The van der Waals surface area contributed by atoms with Crippen LogP contribution in [-0.2, 0) is 6.54 Å². The first-order chi connectivity index (χ1) is 17.4. The average molecular weight is 488 g/mol. The fourth-order valence-corrected chi connectivity index (χ4v) is 5.94. The van der Waals surface area contributed by atoms with Crippen LogP contribution >= 0.6 is 0 Å². The number of aromatic nitrogens is 2. The van der Waals surface area contributed by atoms with Crippen LogP contribution in [0.4, 0.5) is 10.3 Å². The lowest BCUT2D eigenvalue weighted by molar-refractivity contribution is 0.0717. The first-order valence-electron chi connectivity index (χ1n) is 13.3. The summed E-state index contributed by atoms with van der Waals surface area (Å²) in [5, 5.41) is 3.38. The Morgan fingerprint density at radius 1 is 1.19 bits per heavy atom. The summed E-state index contributed by atoms with van der Waals surface area (Å²) in [6.07, 6.45) is 7.19. The number of rotatable bonds is 1. The largest absolute Gasteiger partial charge is 0.354 e. The number of hydrogen-bond donors (Lipinski definition) is 1. The van der Waals surface area contributed by atoms with E-state index in [0.717, 1.165) is 68.0 Å². The van der Waals surface area contributed by atoms with Crippen LogP contribution in [0, 0.1) is 18.8 Å². The van der Waals surface area contributed by atoms with E-state index in [1.807, 2.05) is 12.3 Å². The van der Waals surface area contributed by atoms with E-state index in [2.05, 4.69) is 65.6 Å². The summed E-state index contributed by atoms with van der Waals surface area (Å²) in [6.45, 7) is 16.5. The van der Waals surface area contributed by atoms with Crippen molar-refractivity contribution in [2.45, 2.75) is 46.2 Å². The van der Waals surface area contributed by atoms with Gasteiger partial charge in [-0.05, 0) is 78.2 Å². The predicted octanol–water partition coefficient (Wildman–Crippen LogP) is 5.77. The fraction of sp³-hybridized carbons (Fsp3) is 0.467. The summed E-state index contributed by atoms with van der Waals surface area (Å²) < 4.78 is 14.7. The normalized spacial score (nSPS) is 28.8. The van der Waals surface area contributed by atoms with E-state index in [0.29, 0.717) is 18.5 Å². The number of benzene rings is 1. The molecule has 1 aromatic heterocycles. The minimum absolute atomic E-state index is 0.110. The summed E-state index contributed by atoms with van der Waals surface area (Å²) in [4.78, 5) is 14.4. The lowest BCUT2D eigenvalue weighted by Gasteiger charge is -2.42. The second kappa shape index (κ2) is 10.7. The van der Waals surface area contributed by atoms with Crippen LogP contribution in [0.15, 0.2) is 66.2 Å². The number of nitrogens with zero attached hydrogens (tertiary/aromatic N) is 4. The van der Waals surface area contributed by atoms with Crippen molar-refractivity contribution in [2.75, 3.05) is 38.0 Å². The molecule has 2 aromatic rings. The Kier molecular flexibility index (Phi) is 7.35. The number of aryl methyl sites for hydroxylation is 1. The van der Waals surface area contributed by atoms with Gasteiger partial charge in [0.05, 0.1) is 5.69 Å². The maximum atomic E-state index is 14.7. The van der Waals surface area contributed by atoms with Crippen molar-refractivity contribution in [3.63, 3.8) is 0 Å². The minimum atomic E-state index is -0.149. The average Bonchev–Trinajstić information content (AvgIpc) is 2.87. The number of piperazine rings is 1. The highest BCUT2D eigenvalue weighted by atomic mass is 19.1. The molecule has 0 saturated carbocycles. The quantitative estimate of drug-likeness (QED) is 0.554. The Balaban J connectivity index is 1.49. The molecule has 3 aliphatic heterocycles. The molecule has 4 aliphatic rings. The zero-order valence-electron chi connectivity index (χ0n) is 21.8. The molecule has 190 valence electrons. The molecule has 0 spiro atoms. The van der Waals surface area contributed by atoms with Crippen molar-refractivity contribution in [1.82, 2.24) is 19.8 Å². The van der Waals surface area contributed by atoms with Crippen LogP contribution in [0.25, 0.3) is 11.3 Å². The third-order valence-electron chi connectivity index (χ3n) is 8.16. The van der Waals surface area contributed by atoms with Crippen molar-refractivity contribution in [2.24, 2.45) is 11.8 Å². The Morgan fingerprint density at radius 2 is 2.06 bits per heavy atom. The van der Waals surface area contributed by atoms with E-state index in [-0.39, 0.29) is 17.7 Å². The lowest BCUT2D eigenvalue weighted by atomic mass is 9.78. The maximum Gasteiger partial charge on any atom is 0.223 e. The van der Waals surface area contributed by atoms with E-state index in [1.165, 1.54) is 11.1 Å². The zero-order valence-corrected chi connectivity index (χ0v) is 21.8. The lowest BCUT2D eigenvalue weighted by Crippen LogP contribution is -2.52. The van der Waals surface area contributed by atoms with Crippen molar-refractivity contribution in [3.05, 3.63) is 77.3 Å². The molecule has 1 N–H and O–H groups in total. The number of nitrogens with one attached hydrogen (secondary N) is 1. The third kappa shape index (κ3) is 5.30. The molecule has 5 unspecified atom stereocenters. The van der Waals surface area contributed by atoms with Gasteiger partial charge >= 0.3 is 0 Å². The van der Waals surface area contributed by atoms with Gasteiger partial charge in [0.25, 0.3) is 0 Å². The zero-order chi connectivity index (χ0) is 25.2. The van der Waals surface area contributed by atoms with Crippen LogP contribution in [0.3, 0.4) is 0 Å². The molecule has 0 radical (unpaired) electrons. The SMILES string of the molecule is C=C1CN2CCN(Cc3ccc(C)c(c3)-c3ccnc(n3)NCCC3C=C(F)C=C1C3C)C(CC)C2. The van der Waals surface area contributed by atoms with E-state index in [9.17, 15) is 4.39 Å². The molecule has 0 amide bonds. The maximum absolute atomic E-state index is 14.7. The number of anilines is 1. The van der Waals surface area contributed by atoms with Gasteiger partial charge in [0.15, 0.2) is 0 Å². The molecule has 5 atom stereocenters. The van der Waals surface area contributed by atoms with Crippen LogP contribution < -0.4 is 5.32 Å². The Morgan fingerprint density at radius 3 is 2.89 bits per heavy atom. The highest BCUT2D eigenvalue weighted by Gasteiger charge is 2.29. The topological polar surface area (TPSA) is 44.3 Å². The minimum Gasteiger partial charge on any atom is -0.354 e. The van der Waals surface area contributed by atoms with Crippen molar-refractivity contribution < 1.29 is 4.39 Å². The van der Waals surface area contributed by atoms with Gasteiger partial charge in [-0.2, -0.15) is 0 Å². The second-order valence-corrected chi connectivity index (χ2v) is 10.6. The van der Waals surface area contributed by atoms with Crippen molar-refractivity contribution in [3.8, 4) is 11.3 Å². The molecule has 36 heavy (non-hydrogen) atoms. The van der Waals surface area contributed by atoms with Gasteiger partial charge in [-0.25, -0.2) is 14.4 Å². The second-order valence-electron chi connectivity index (χ2n) is 10.6.